The van der Waals surface area contributed by atoms with Gasteiger partial charge in [-0.25, -0.2) is 14.4 Å². The van der Waals surface area contributed by atoms with Crippen molar-refractivity contribution in [1.82, 2.24) is 30.3 Å². The highest BCUT2D eigenvalue weighted by Gasteiger charge is 2.23. The molecule has 1 unspecified atom stereocenters. The number of guanidine groups is 1. The molecule has 3 rings (SSSR count). The summed E-state index contributed by atoms with van der Waals surface area (Å²) >= 11 is 0. The molecule has 1 fully saturated rings. The number of aryl methyl sites for hydroxylation is 1. The monoisotopic (exact) mass is 517 g/mol. The van der Waals surface area contributed by atoms with Crippen LogP contribution in [0.25, 0.3) is 0 Å². The van der Waals surface area contributed by atoms with Crippen LogP contribution in [0.5, 0.6) is 0 Å². The van der Waals surface area contributed by atoms with Crippen molar-refractivity contribution in [1.29, 1.82) is 0 Å². The fourth-order valence-corrected chi connectivity index (χ4v) is 3.18. The molecule has 1 saturated heterocycles. The van der Waals surface area contributed by atoms with Gasteiger partial charge in [-0.3, -0.25) is 9.58 Å². The summed E-state index contributed by atoms with van der Waals surface area (Å²) in [6.07, 6.45) is 1.52. The Balaban J connectivity index is 0.00000300. The zero-order chi connectivity index (χ0) is 19.8. The molecule has 1 atom stereocenters. The minimum atomic E-state index is -0.226. The number of aromatic nitrogens is 3. The summed E-state index contributed by atoms with van der Waals surface area (Å²) in [4.78, 5) is 11.2. The predicted molar refractivity (Wildman–Crippen MR) is 121 cm³/mol. The predicted octanol–water partition coefficient (Wildman–Crippen LogP) is 1.70. The Bertz CT molecular complexity index is 762. The summed E-state index contributed by atoms with van der Waals surface area (Å²) in [6, 6.07) is 6.82. The normalized spacial score (nSPS) is 16.2. The van der Waals surface area contributed by atoms with E-state index in [0.717, 1.165) is 31.0 Å². The van der Waals surface area contributed by atoms with E-state index < -0.39 is 0 Å². The Morgan fingerprint density at radius 1 is 1.24 bits per heavy atom. The highest BCUT2D eigenvalue weighted by Crippen LogP contribution is 2.21. The molecule has 0 bridgehead atoms. The van der Waals surface area contributed by atoms with Crippen molar-refractivity contribution >= 4 is 29.9 Å². The molecule has 0 aliphatic carbocycles. The number of aliphatic imine (C=N–C) groups is 1. The van der Waals surface area contributed by atoms with Crippen molar-refractivity contribution in [3.63, 3.8) is 0 Å². The average molecular weight is 517 g/mol. The third kappa shape index (κ3) is 6.89. The maximum absolute atomic E-state index is 13.4. The number of halogens is 2. The number of hydrogen-bond acceptors (Lipinski definition) is 5. The SMILES string of the molecule is CCNC(=NCc1ncnn1C)NCC(c1ccc(F)cc1)N1CCOCC1.I. The van der Waals surface area contributed by atoms with E-state index in [1.165, 1.54) is 18.5 Å². The Labute approximate surface area is 188 Å². The molecule has 0 amide bonds. The number of benzene rings is 1. The Kier molecular flexibility index (Phi) is 9.74. The fourth-order valence-electron chi connectivity index (χ4n) is 3.18. The van der Waals surface area contributed by atoms with Gasteiger partial charge in [0.15, 0.2) is 5.96 Å². The molecule has 29 heavy (non-hydrogen) atoms. The van der Waals surface area contributed by atoms with Crippen molar-refractivity contribution in [3.8, 4) is 0 Å². The van der Waals surface area contributed by atoms with Crippen molar-refractivity contribution in [2.75, 3.05) is 39.4 Å². The molecule has 1 aliphatic rings. The molecule has 2 aromatic rings. The highest BCUT2D eigenvalue weighted by atomic mass is 127. The van der Waals surface area contributed by atoms with Gasteiger partial charge in [0, 0.05) is 33.2 Å². The van der Waals surface area contributed by atoms with E-state index in [4.69, 9.17) is 4.74 Å². The van der Waals surface area contributed by atoms with Crippen molar-refractivity contribution in [2.24, 2.45) is 12.0 Å². The third-order valence-corrected chi connectivity index (χ3v) is 4.73. The van der Waals surface area contributed by atoms with E-state index in [2.05, 4.69) is 30.6 Å². The van der Waals surface area contributed by atoms with Crippen LogP contribution in [0.4, 0.5) is 4.39 Å². The molecule has 2 heterocycles. The first-order valence-corrected chi connectivity index (χ1v) is 9.59. The second-order valence-electron chi connectivity index (χ2n) is 6.59. The maximum atomic E-state index is 13.4. The highest BCUT2D eigenvalue weighted by molar-refractivity contribution is 14.0. The molecule has 160 valence electrons. The van der Waals surface area contributed by atoms with Gasteiger partial charge in [0.05, 0.1) is 19.3 Å². The Hall–Kier alpha value is -1.79. The van der Waals surface area contributed by atoms with E-state index in [1.807, 2.05) is 26.1 Å². The largest absolute Gasteiger partial charge is 0.379 e. The van der Waals surface area contributed by atoms with Crippen LogP contribution in [0.2, 0.25) is 0 Å². The first-order valence-electron chi connectivity index (χ1n) is 9.59. The van der Waals surface area contributed by atoms with Crippen LogP contribution in [0.15, 0.2) is 35.6 Å². The van der Waals surface area contributed by atoms with Crippen LogP contribution in [0, 0.1) is 5.82 Å². The van der Waals surface area contributed by atoms with Crippen LogP contribution in [-0.4, -0.2) is 65.0 Å². The van der Waals surface area contributed by atoms with Gasteiger partial charge in [-0.1, -0.05) is 12.1 Å². The van der Waals surface area contributed by atoms with Crippen molar-refractivity contribution in [3.05, 3.63) is 47.8 Å². The topological polar surface area (TPSA) is 79.6 Å². The quantitative estimate of drug-likeness (QED) is 0.331. The number of morpholine rings is 1. The minimum absolute atomic E-state index is 0. The van der Waals surface area contributed by atoms with Crippen molar-refractivity contribution in [2.45, 2.75) is 19.5 Å². The molecular formula is C19H29FIN7O. The van der Waals surface area contributed by atoms with E-state index >= 15 is 0 Å². The average Bonchev–Trinajstić information content (AvgIpc) is 3.13. The lowest BCUT2D eigenvalue weighted by molar-refractivity contribution is 0.0170. The Morgan fingerprint density at radius 2 is 1.97 bits per heavy atom. The van der Waals surface area contributed by atoms with E-state index in [9.17, 15) is 4.39 Å². The standard InChI is InChI=1S/C19H28FN7O.HI/c1-3-21-19(23-13-18-24-14-25-26(18)2)22-12-17(27-8-10-28-11-9-27)15-4-6-16(20)7-5-15;/h4-7,14,17H,3,8-13H2,1-2H3,(H2,21,22,23);1H. The van der Waals surface area contributed by atoms with Crippen LogP contribution in [0.1, 0.15) is 24.4 Å². The summed E-state index contributed by atoms with van der Waals surface area (Å²) in [7, 11) is 1.85. The second-order valence-corrected chi connectivity index (χ2v) is 6.59. The summed E-state index contributed by atoms with van der Waals surface area (Å²) in [5.74, 6) is 1.28. The van der Waals surface area contributed by atoms with Gasteiger partial charge in [-0.15, -0.1) is 24.0 Å². The van der Waals surface area contributed by atoms with Gasteiger partial charge < -0.3 is 15.4 Å². The number of hydrogen-bond donors (Lipinski definition) is 2. The van der Waals surface area contributed by atoms with Crippen LogP contribution < -0.4 is 10.6 Å². The lowest BCUT2D eigenvalue weighted by atomic mass is 10.0. The lowest BCUT2D eigenvalue weighted by Gasteiger charge is -2.35. The van der Waals surface area contributed by atoms with Crippen LogP contribution in [0.3, 0.4) is 0 Å². The Morgan fingerprint density at radius 3 is 2.59 bits per heavy atom. The van der Waals surface area contributed by atoms with Gasteiger partial charge in [0.1, 0.15) is 24.5 Å². The zero-order valence-corrected chi connectivity index (χ0v) is 19.2. The smallest absolute Gasteiger partial charge is 0.191 e. The molecule has 2 N–H and O–H groups in total. The summed E-state index contributed by atoms with van der Waals surface area (Å²) in [5.41, 5.74) is 1.07. The molecule has 1 aromatic heterocycles. The van der Waals surface area contributed by atoms with Gasteiger partial charge in [-0.2, -0.15) is 5.10 Å². The summed E-state index contributed by atoms with van der Waals surface area (Å²) < 4.78 is 20.6. The first-order chi connectivity index (χ1) is 13.7. The molecule has 10 heteroatoms. The molecule has 1 aliphatic heterocycles. The molecule has 1 aromatic carbocycles. The van der Waals surface area contributed by atoms with Gasteiger partial charge >= 0.3 is 0 Å². The lowest BCUT2D eigenvalue weighted by Crippen LogP contribution is -2.46. The van der Waals surface area contributed by atoms with Crippen LogP contribution in [-0.2, 0) is 18.3 Å². The van der Waals surface area contributed by atoms with E-state index in [0.29, 0.717) is 32.3 Å². The molecule has 0 saturated carbocycles. The maximum Gasteiger partial charge on any atom is 0.191 e. The zero-order valence-electron chi connectivity index (χ0n) is 16.8. The van der Waals surface area contributed by atoms with E-state index in [-0.39, 0.29) is 35.8 Å². The molecule has 8 nitrogen and oxygen atoms in total. The molecule has 0 spiro atoms. The summed E-state index contributed by atoms with van der Waals surface area (Å²) in [6.45, 7) is 6.96. The molecular weight excluding hydrogens is 488 g/mol. The van der Waals surface area contributed by atoms with E-state index in [1.54, 1.807) is 4.68 Å². The summed E-state index contributed by atoms with van der Waals surface area (Å²) in [5, 5.41) is 10.7. The first kappa shape index (κ1) is 23.5. The number of nitrogens with zero attached hydrogens (tertiary/aromatic N) is 5. The number of rotatable bonds is 7. The third-order valence-electron chi connectivity index (χ3n) is 4.73. The van der Waals surface area contributed by atoms with Gasteiger partial charge in [0.2, 0.25) is 0 Å². The van der Waals surface area contributed by atoms with Gasteiger partial charge in [0.25, 0.3) is 0 Å². The van der Waals surface area contributed by atoms with Gasteiger partial charge in [-0.05, 0) is 24.6 Å². The number of ether oxygens (including phenoxy) is 1. The number of nitrogens with one attached hydrogen (secondary N) is 2. The second kappa shape index (κ2) is 12.0. The van der Waals surface area contributed by atoms with Crippen LogP contribution >= 0.6 is 24.0 Å². The minimum Gasteiger partial charge on any atom is -0.379 e. The van der Waals surface area contributed by atoms with Crippen molar-refractivity contribution < 1.29 is 9.13 Å². The molecule has 0 radical (unpaired) electrons. The fraction of sp³-hybridized carbons (Fsp3) is 0.526.